The molecular formula is C20H33N5O2. The highest BCUT2D eigenvalue weighted by Crippen LogP contribution is 2.38. The topological polar surface area (TPSA) is 83.3 Å². The zero-order chi connectivity index (χ0) is 19.0. The van der Waals surface area contributed by atoms with E-state index in [2.05, 4.69) is 20.5 Å². The average molecular weight is 376 g/mol. The lowest BCUT2D eigenvalue weighted by molar-refractivity contribution is -0.133. The number of fused-ring (bicyclic) bond motifs is 3. The molecule has 3 saturated heterocycles. The van der Waals surface area contributed by atoms with Crippen LogP contribution in [0.5, 0.6) is 0 Å². The lowest BCUT2D eigenvalue weighted by atomic mass is 9.75. The summed E-state index contributed by atoms with van der Waals surface area (Å²) in [4.78, 5) is 14.9. The fourth-order valence-electron chi connectivity index (χ4n) is 5.23. The Labute approximate surface area is 161 Å². The molecule has 5 rings (SSSR count). The Hall–Kier alpha value is -1.47. The van der Waals surface area contributed by atoms with Gasteiger partial charge in [0.05, 0.1) is 18.7 Å². The molecule has 2 bridgehead atoms. The predicted octanol–water partition coefficient (Wildman–Crippen LogP) is 1.66. The summed E-state index contributed by atoms with van der Waals surface area (Å²) >= 11 is 0. The number of carbonyl (C=O) groups excluding carboxylic acids is 1. The Morgan fingerprint density at radius 2 is 2.15 bits per heavy atom. The first-order chi connectivity index (χ1) is 12.9. The predicted molar refractivity (Wildman–Crippen MR) is 102 cm³/mol. The highest BCUT2D eigenvalue weighted by Gasteiger charge is 2.43. The summed E-state index contributed by atoms with van der Waals surface area (Å²) in [5.41, 5.74) is -0.0603. The van der Waals surface area contributed by atoms with Crippen molar-refractivity contribution < 1.29 is 9.90 Å². The Morgan fingerprint density at radius 3 is 2.81 bits per heavy atom. The SMILES string of the molecule is CC(C)NC(=O)[C@H]1CN2CC[C@H]1C[C@@H]2Cn1cc(C2(O)CCCCC2)nn1. The van der Waals surface area contributed by atoms with Crippen LogP contribution in [0.15, 0.2) is 6.20 Å². The van der Waals surface area contributed by atoms with Crippen molar-refractivity contribution in [2.75, 3.05) is 13.1 Å². The third-order valence-electron chi connectivity index (χ3n) is 6.74. The molecule has 1 unspecified atom stereocenters. The van der Waals surface area contributed by atoms with Crippen LogP contribution >= 0.6 is 0 Å². The number of piperidine rings is 3. The van der Waals surface area contributed by atoms with Gasteiger partial charge in [0.25, 0.3) is 0 Å². The molecule has 0 aromatic carbocycles. The van der Waals surface area contributed by atoms with Crippen molar-refractivity contribution in [3.8, 4) is 0 Å². The molecule has 1 saturated carbocycles. The molecule has 1 aromatic rings. The summed E-state index contributed by atoms with van der Waals surface area (Å²) in [5.74, 6) is 0.789. The lowest BCUT2D eigenvalue weighted by Gasteiger charge is -2.49. The molecule has 4 heterocycles. The van der Waals surface area contributed by atoms with Gasteiger partial charge in [-0.3, -0.25) is 14.4 Å². The minimum absolute atomic E-state index is 0.117. The van der Waals surface area contributed by atoms with Gasteiger partial charge in [-0.1, -0.05) is 24.5 Å². The van der Waals surface area contributed by atoms with Crippen LogP contribution in [-0.4, -0.2) is 56.1 Å². The van der Waals surface area contributed by atoms with E-state index in [9.17, 15) is 9.90 Å². The molecule has 2 N–H and O–H groups in total. The molecule has 4 fully saturated rings. The molecule has 0 spiro atoms. The van der Waals surface area contributed by atoms with Crippen LogP contribution in [0, 0.1) is 11.8 Å². The first kappa shape index (κ1) is 18.9. The van der Waals surface area contributed by atoms with Crippen LogP contribution in [0.4, 0.5) is 0 Å². The standard InChI is InChI=1S/C20H33N5O2/c1-14(2)21-19(26)17-12-24-9-6-15(17)10-16(24)11-25-13-18(22-23-25)20(27)7-4-3-5-8-20/h13-17,27H,3-12H2,1-2H3,(H,21,26)/t15-,16+,17-/m0/s1. The van der Waals surface area contributed by atoms with Crippen molar-refractivity contribution in [1.29, 1.82) is 0 Å². The van der Waals surface area contributed by atoms with Gasteiger partial charge in [0, 0.05) is 18.6 Å². The summed E-state index contributed by atoms with van der Waals surface area (Å²) in [6, 6.07) is 0.602. The second-order valence-corrected chi connectivity index (χ2v) is 9.12. The number of nitrogens with zero attached hydrogens (tertiary/aromatic N) is 4. The molecule has 4 atom stereocenters. The van der Waals surface area contributed by atoms with E-state index < -0.39 is 5.60 Å². The Morgan fingerprint density at radius 1 is 1.37 bits per heavy atom. The Bertz CT molecular complexity index is 667. The molecule has 0 radical (unpaired) electrons. The monoisotopic (exact) mass is 375 g/mol. The minimum atomic E-state index is -0.789. The number of aliphatic hydroxyl groups is 1. The van der Waals surface area contributed by atoms with E-state index in [0.29, 0.717) is 12.0 Å². The molecule has 3 aliphatic heterocycles. The van der Waals surface area contributed by atoms with Crippen molar-refractivity contribution in [2.45, 2.75) is 83.0 Å². The lowest BCUT2D eigenvalue weighted by Crippen LogP contribution is -2.58. The fraction of sp³-hybridized carbons (Fsp3) is 0.850. The van der Waals surface area contributed by atoms with Crippen molar-refractivity contribution in [1.82, 2.24) is 25.2 Å². The molecule has 1 aromatic heterocycles. The summed E-state index contributed by atoms with van der Waals surface area (Å²) in [5, 5.41) is 22.6. The number of nitrogens with one attached hydrogen (secondary N) is 1. The van der Waals surface area contributed by atoms with Gasteiger partial charge in [0.2, 0.25) is 5.91 Å². The Balaban J connectivity index is 1.38. The fourth-order valence-corrected chi connectivity index (χ4v) is 5.23. The van der Waals surface area contributed by atoms with Crippen molar-refractivity contribution in [3.63, 3.8) is 0 Å². The van der Waals surface area contributed by atoms with Gasteiger partial charge in [-0.15, -0.1) is 5.10 Å². The van der Waals surface area contributed by atoms with Crippen molar-refractivity contribution in [2.24, 2.45) is 11.8 Å². The van der Waals surface area contributed by atoms with Gasteiger partial charge in [-0.25, -0.2) is 0 Å². The van der Waals surface area contributed by atoms with Gasteiger partial charge in [0.1, 0.15) is 11.3 Å². The Kier molecular flexibility index (Phi) is 5.25. The minimum Gasteiger partial charge on any atom is -0.383 e. The number of rotatable bonds is 5. The molecule has 4 aliphatic rings. The van der Waals surface area contributed by atoms with E-state index in [1.54, 1.807) is 0 Å². The van der Waals surface area contributed by atoms with Crippen LogP contribution < -0.4 is 5.32 Å². The maximum Gasteiger partial charge on any atom is 0.224 e. The van der Waals surface area contributed by atoms with Gasteiger partial charge in [-0.2, -0.15) is 0 Å². The zero-order valence-electron chi connectivity index (χ0n) is 16.6. The van der Waals surface area contributed by atoms with E-state index in [1.165, 1.54) is 6.42 Å². The van der Waals surface area contributed by atoms with Gasteiger partial charge < -0.3 is 10.4 Å². The zero-order valence-corrected chi connectivity index (χ0v) is 16.6. The largest absolute Gasteiger partial charge is 0.383 e. The molecule has 7 nitrogen and oxygen atoms in total. The first-order valence-electron chi connectivity index (χ1n) is 10.6. The van der Waals surface area contributed by atoms with Crippen LogP contribution in [0.25, 0.3) is 0 Å². The quantitative estimate of drug-likeness (QED) is 0.818. The van der Waals surface area contributed by atoms with Crippen LogP contribution in [0.1, 0.15) is 64.5 Å². The van der Waals surface area contributed by atoms with Crippen molar-refractivity contribution in [3.05, 3.63) is 11.9 Å². The van der Waals surface area contributed by atoms with E-state index >= 15 is 0 Å². The smallest absolute Gasteiger partial charge is 0.224 e. The number of hydrogen-bond acceptors (Lipinski definition) is 5. The summed E-state index contributed by atoms with van der Waals surface area (Å²) in [6.07, 6.45) is 8.97. The molecular weight excluding hydrogens is 342 g/mol. The number of aromatic nitrogens is 3. The summed E-state index contributed by atoms with van der Waals surface area (Å²) < 4.78 is 1.90. The van der Waals surface area contributed by atoms with E-state index in [-0.39, 0.29) is 17.9 Å². The normalized spacial score (nSPS) is 32.6. The average Bonchev–Trinajstić information content (AvgIpc) is 3.12. The molecule has 1 amide bonds. The maximum absolute atomic E-state index is 12.5. The molecule has 150 valence electrons. The number of carbonyl (C=O) groups is 1. The second-order valence-electron chi connectivity index (χ2n) is 9.12. The van der Waals surface area contributed by atoms with Crippen LogP contribution in [-0.2, 0) is 16.9 Å². The first-order valence-corrected chi connectivity index (χ1v) is 10.6. The summed E-state index contributed by atoms with van der Waals surface area (Å²) in [7, 11) is 0. The molecule has 7 heteroatoms. The van der Waals surface area contributed by atoms with E-state index in [0.717, 1.165) is 63.9 Å². The number of amides is 1. The number of hydrogen-bond donors (Lipinski definition) is 2. The van der Waals surface area contributed by atoms with E-state index in [4.69, 9.17) is 0 Å². The van der Waals surface area contributed by atoms with E-state index in [1.807, 2.05) is 24.7 Å². The van der Waals surface area contributed by atoms with Crippen LogP contribution in [0.3, 0.4) is 0 Å². The second kappa shape index (κ2) is 7.51. The summed E-state index contributed by atoms with van der Waals surface area (Å²) in [6.45, 7) is 6.74. The van der Waals surface area contributed by atoms with Crippen molar-refractivity contribution >= 4 is 5.91 Å². The highest BCUT2D eigenvalue weighted by molar-refractivity contribution is 5.79. The third-order valence-corrected chi connectivity index (χ3v) is 6.74. The maximum atomic E-state index is 12.5. The molecule has 27 heavy (non-hydrogen) atoms. The van der Waals surface area contributed by atoms with Crippen LogP contribution in [0.2, 0.25) is 0 Å². The van der Waals surface area contributed by atoms with Gasteiger partial charge in [0.15, 0.2) is 0 Å². The van der Waals surface area contributed by atoms with Gasteiger partial charge in [-0.05, 0) is 52.0 Å². The molecule has 1 aliphatic carbocycles. The highest BCUT2D eigenvalue weighted by atomic mass is 16.3. The third kappa shape index (κ3) is 3.90. The van der Waals surface area contributed by atoms with Gasteiger partial charge >= 0.3 is 0 Å².